The number of halogens is 1. The first-order chi connectivity index (χ1) is 9.61. The third kappa shape index (κ3) is 3.45. The highest BCUT2D eigenvalue weighted by Gasteiger charge is 2.05. The Bertz CT molecular complexity index is 590. The van der Waals surface area contributed by atoms with Crippen LogP contribution in [0.3, 0.4) is 0 Å². The monoisotopic (exact) mass is 271 g/mol. The topological polar surface area (TPSA) is 12.0 Å². The van der Waals surface area contributed by atoms with Gasteiger partial charge in [0, 0.05) is 12.1 Å². The average molecular weight is 271 g/mol. The SMILES string of the molecule is CCCNCc1ccc(-c2ccc(C)c(C)c2)cc1F. The molecule has 0 radical (unpaired) electrons. The fourth-order valence-electron chi connectivity index (χ4n) is 2.19. The van der Waals surface area contributed by atoms with E-state index < -0.39 is 0 Å². The third-order valence-electron chi connectivity index (χ3n) is 3.64. The van der Waals surface area contributed by atoms with E-state index in [-0.39, 0.29) is 5.82 Å². The standard InChI is InChI=1S/C18H22FN/c1-4-9-20-12-17-8-7-16(11-18(17)19)15-6-5-13(2)14(3)10-15/h5-8,10-11,20H,4,9,12H2,1-3H3. The molecule has 2 rings (SSSR count). The van der Waals surface area contributed by atoms with Crippen LogP contribution in [-0.2, 0) is 6.54 Å². The van der Waals surface area contributed by atoms with Gasteiger partial charge in [0.15, 0.2) is 0 Å². The Kier molecular flexibility index (Phi) is 4.91. The summed E-state index contributed by atoms with van der Waals surface area (Å²) >= 11 is 0. The molecule has 0 spiro atoms. The molecule has 0 fully saturated rings. The molecular weight excluding hydrogens is 249 g/mol. The van der Waals surface area contributed by atoms with E-state index in [0.29, 0.717) is 6.54 Å². The Labute approximate surface area is 120 Å². The number of aryl methyl sites for hydroxylation is 2. The van der Waals surface area contributed by atoms with E-state index in [9.17, 15) is 4.39 Å². The summed E-state index contributed by atoms with van der Waals surface area (Å²) in [6.07, 6.45) is 1.06. The van der Waals surface area contributed by atoms with Gasteiger partial charge in [-0.15, -0.1) is 0 Å². The van der Waals surface area contributed by atoms with Gasteiger partial charge in [-0.2, -0.15) is 0 Å². The zero-order valence-corrected chi connectivity index (χ0v) is 12.5. The van der Waals surface area contributed by atoms with Crippen molar-refractivity contribution in [3.63, 3.8) is 0 Å². The lowest BCUT2D eigenvalue weighted by Crippen LogP contribution is -2.14. The predicted octanol–water partition coefficient (Wildman–Crippen LogP) is 4.61. The Hall–Kier alpha value is -1.67. The highest BCUT2D eigenvalue weighted by molar-refractivity contribution is 5.65. The summed E-state index contributed by atoms with van der Waals surface area (Å²) in [7, 11) is 0. The molecule has 0 atom stereocenters. The Morgan fingerprint density at radius 1 is 0.950 bits per heavy atom. The molecule has 0 aliphatic heterocycles. The average Bonchev–Trinajstić information content (AvgIpc) is 2.44. The fraction of sp³-hybridized carbons (Fsp3) is 0.333. The molecule has 0 heterocycles. The van der Waals surface area contributed by atoms with Crippen LogP contribution in [0.15, 0.2) is 36.4 Å². The number of hydrogen-bond donors (Lipinski definition) is 1. The van der Waals surface area contributed by atoms with Gasteiger partial charge in [0.05, 0.1) is 0 Å². The first kappa shape index (κ1) is 14.7. The summed E-state index contributed by atoms with van der Waals surface area (Å²) in [5.74, 6) is -0.135. The minimum atomic E-state index is -0.135. The highest BCUT2D eigenvalue weighted by Crippen LogP contribution is 2.24. The zero-order valence-electron chi connectivity index (χ0n) is 12.5. The van der Waals surface area contributed by atoms with Gasteiger partial charge in [0.25, 0.3) is 0 Å². The minimum Gasteiger partial charge on any atom is -0.313 e. The lowest BCUT2D eigenvalue weighted by molar-refractivity contribution is 0.587. The number of benzene rings is 2. The van der Waals surface area contributed by atoms with Crippen LogP contribution in [0, 0.1) is 19.7 Å². The molecule has 0 bridgehead atoms. The molecule has 106 valence electrons. The van der Waals surface area contributed by atoms with Crippen LogP contribution in [-0.4, -0.2) is 6.54 Å². The van der Waals surface area contributed by atoms with Gasteiger partial charge in [0.1, 0.15) is 5.82 Å². The summed E-state index contributed by atoms with van der Waals surface area (Å²) in [5.41, 5.74) is 5.22. The second kappa shape index (κ2) is 6.67. The Morgan fingerprint density at radius 3 is 2.30 bits per heavy atom. The van der Waals surface area contributed by atoms with Crippen molar-refractivity contribution in [1.29, 1.82) is 0 Å². The van der Waals surface area contributed by atoms with Crippen LogP contribution in [0.25, 0.3) is 11.1 Å². The maximum atomic E-state index is 14.1. The van der Waals surface area contributed by atoms with Crippen LogP contribution < -0.4 is 5.32 Å². The van der Waals surface area contributed by atoms with Crippen LogP contribution in [0.5, 0.6) is 0 Å². The maximum absolute atomic E-state index is 14.1. The molecule has 1 nitrogen and oxygen atoms in total. The molecule has 0 saturated carbocycles. The lowest BCUT2D eigenvalue weighted by atomic mass is 9.99. The molecule has 2 aromatic carbocycles. The van der Waals surface area contributed by atoms with Gasteiger partial charge in [-0.05, 0) is 55.1 Å². The van der Waals surface area contributed by atoms with E-state index >= 15 is 0 Å². The molecule has 0 amide bonds. The highest BCUT2D eigenvalue weighted by atomic mass is 19.1. The molecule has 2 heteroatoms. The van der Waals surface area contributed by atoms with Crippen molar-refractivity contribution in [2.24, 2.45) is 0 Å². The van der Waals surface area contributed by atoms with Crippen LogP contribution in [0.1, 0.15) is 30.0 Å². The lowest BCUT2D eigenvalue weighted by Gasteiger charge is -2.09. The molecule has 1 N–H and O–H groups in total. The van der Waals surface area contributed by atoms with Crippen molar-refractivity contribution in [2.45, 2.75) is 33.7 Å². The van der Waals surface area contributed by atoms with E-state index in [1.54, 1.807) is 6.07 Å². The minimum absolute atomic E-state index is 0.135. The summed E-state index contributed by atoms with van der Waals surface area (Å²) in [6, 6.07) is 11.7. The zero-order chi connectivity index (χ0) is 14.5. The first-order valence-corrected chi connectivity index (χ1v) is 7.18. The van der Waals surface area contributed by atoms with Gasteiger partial charge in [-0.25, -0.2) is 4.39 Å². The van der Waals surface area contributed by atoms with Crippen LogP contribution >= 0.6 is 0 Å². The van der Waals surface area contributed by atoms with Crippen molar-refractivity contribution < 1.29 is 4.39 Å². The summed E-state index contributed by atoms with van der Waals surface area (Å²) in [5, 5.41) is 3.23. The molecule has 2 aromatic rings. The fourth-order valence-corrected chi connectivity index (χ4v) is 2.19. The number of rotatable bonds is 5. The normalized spacial score (nSPS) is 10.8. The molecule has 0 aliphatic rings. The van der Waals surface area contributed by atoms with E-state index in [2.05, 4.69) is 38.2 Å². The van der Waals surface area contributed by atoms with Crippen molar-refractivity contribution in [3.05, 3.63) is 58.9 Å². The van der Waals surface area contributed by atoms with E-state index in [1.165, 1.54) is 11.1 Å². The Morgan fingerprint density at radius 2 is 1.65 bits per heavy atom. The predicted molar refractivity (Wildman–Crippen MR) is 83.3 cm³/mol. The maximum Gasteiger partial charge on any atom is 0.128 e. The first-order valence-electron chi connectivity index (χ1n) is 7.18. The molecule has 0 saturated heterocycles. The van der Waals surface area contributed by atoms with Gasteiger partial charge < -0.3 is 5.32 Å². The summed E-state index contributed by atoms with van der Waals surface area (Å²) in [6.45, 7) is 7.78. The second-order valence-electron chi connectivity index (χ2n) is 5.28. The van der Waals surface area contributed by atoms with Crippen LogP contribution in [0.4, 0.5) is 4.39 Å². The van der Waals surface area contributed by atoms with Crippen molar-refractivity contribution in [1.82, 2.24) is 5.32 Å². The van der Waals surface area contributed by atoms with Crippen molar-refractivity contribution in [2.75, 3.05) is 6.54 Å². The molecule has 0 unspecified atom stereocenters. The molecule has 20 heavy (non-hydrogen) atoms. The van der Waals surface area contributed by atoms with Crippen molar-refractivity contribution in [3.8, 4) is 11.1 Å². The summed E-state index contributed by atoms with van der Waals surface area (Å²) in [4.78, 5) is 0. The van der Waals surface area contributed by atoms with E-state index in [1.807, 2.05) is 18.2 Å². The number of hydrogen-bond acceptors (Lipinski definition) is 1. The Balaban J connectivity index is 2.21. The third-order valence-corrected chi connectivity index (χ3v) is 3.64. The molecule has 0 aromatic heterocycles. The van der Waals surface area contributed by atoms with E-state index in [4.69, 9.17) is 0 Å². The van der Waals surface area contributed by atoms with Gasteiger partial charge in [-0.3, -0.25) is 0 Å². The molecular formula is C18H22FN. The van der Waals surface area contributed by atoms with Crippen LogP contribution in [0.2, 0.25) is 0 Å². The van der Waals surface area contributed by atoms with Gasteiger partial charge >= 0.3 is 0 Å². The molecule has 0 aliphatic carbocycles. The summed E-state index contributed by atoms with van der Waals surface area (Å²) < 4.78 is 14.1. The quantitative estimate of drug-likeness (QED) is 0.783. The van der Waals surface area contributed by atoms with Gasteiger partial charge in [-0.1, -0.05) is 37.3 Å². The largest absolute Gasteiger partial charge is 0.313 e. The van der Waals surface area contributed by atoms with E-state index in [0.717, 1.165) is 29.7 Å². The smallest absolute Gasteiger partial charge is 0.128 e. The number of nitrogens with one attached hydrogen (secondary N) is 1. The van der Waals surface area contributed by atoms with Gasteiger partial charge in [0.2, 0.25) is 0 Å². The van der Waals surface area contributed by atoms with Crippen molar-refractivity contribution >= 4 is 0 Å². The second-order valence-corrected chi connectivity index (χ2v) is 5.28.